The highest BCUT2D eigenvalue weighted by molar-refractivity contribution is 5.81. The summed E-state index contributed by atoms with van der Waals surface area (Å²) in [6.45, 7) is 7.82. The van der Waals surface area contributed by atoms with Crippen LogP contribution in [0.5, 0.6) is 0 Å². The molecular weight excluding hydrogens is 322 g/mol. The smallest absolute Gasteiger partial charge is 0.236 e. The Morgan fingerprint density at radius 1 is 1.24 bits per heavy atom. The average molecular weight is 349 g/mol. The Morgan fingerprint density at radius 3 is 2.60 bits per heavy atom. The van der Waals surface area contributed by atoms with Gasteiger partial charge in [0.2, 0.25) is 11.8 Å². The molecule has 1 aromatic heterocycles. The summed E-state index contributed by atoms with van der Waals surface area (Å²) >= 11 is 0. The maximum absolute atomic E-state index is 12.5. The molecule has 3 rings (SSSR count). The van der Waals surface area contributed by atoms with E-state index in [4.69, 9.17) is 10.3 Å². The van der Waals surface area contributed by atoms with Crippen LogP contribution >= 0.6 is 0 Å². The highest BCUT2D eigenvalue weighted by Crippen LogP contribution is 2.16. The van der Waals surface area contributed by atoms with E-state index in [0.717, 1.165) is 63.6 Å². The van der Waals surface area contributed by atoms with Crippen molar-refractivity contribution in [1.82, 2.24) is 19.9 Å². The Kier molecular flexibility index (Phi) is 5.70. The van der Waals surface area contributed by atoms with Crippen LogP contribution < -0.4 is 5.73 Å². The Morgan fingerprint density at radius 2 is 1.96 bits per heavy atom. The summed E-state index contributed by atoms with van der Waals surface area (Å²) in [5, 5.41) is 4.03. The van der Waals surface area contributed by atoms with Gasteiger partial charge in [0.05, 0.1) is 18.2 Å². The van der Waals surface area contributed by atoms with Crippen LogP contribution in [0.3, 0.4) is 0 Å². The van der Waals surface area contributed by atoms with Crippen LogP contribution in [0.4, 0.5) is 0 Å². The number of hydrogen-bond donors (Lipinski definition) is 1. The van der Waals surface area contributed by atoms with Crippen LogP contribution in [0.1, 0.15) is 24.3 Å². The van der Waals surface area contributed by atoms with Gasteiger partial charge in [0.1, 0.15) is 5.76 Å². The molecule has 138 valence electrons. The molecule has 0 bridgehead atoms. The fourth-order valence-electron chi connectivity index (χ4n) is 3.55. The maximum Gasteiger partial charge on any atom is 0.236 e. The van der Waals surface area contributed by atoms with Gasteiger partial charge in [-0.05, 0) is 19.8 Å². The molecule has 0 aliphatic carbocycles. The first kappa shape index (κ1) is 17.9. The lowest BCUT2D eigenvalue weighted by Crippen LogP contribution is -2.51. The molecule has 3 heterocycles. The standard InChI is InChI=1S/C17H27N5O3/c1-13-9-15(19-25-13)11-20-5-7-21(8-6-20)12-16(23)22-4-2-3-14(10-22)17(18)24/h9,14H,2-8,10-12H2,1H3,(H2,18,24). The Balaban J connectivity index is 1.42. The first-order valence-corrected chi connectivity index (χ1v) is 8.95. The van der Waals surface area contributed by atoms with E-state index >= 15 is 0 Å². The number of carbonyl (C=O) groups excluding carboxylic acids is 2. The molecule has 2 aliphatic rings. The number of piperazine rings is 1. The van der Waals surface area contributed by atoms with Crippen LogP contribution in [0.2, 0.25) is 0 Å². The zero-order valence-corrected chi connectivity index (χ0v) is 14.8. The molecule has 0 spiro atoms. The number of piperidine rings is 1. The number of carbonyl (C=O) groups is 2. The van der Waals surface area contributed by atoms with E-state index in [1.54, 1.807) is 4.90 Å². The van der Waals surface area contributed by atoms with Gasteiger partial charge in [-0.25, -0.2) is 0 Å². The van der Waals surface area contributed by atoms with Crippen LogP contribution in [0.25, 0.3) is 0 Å². The van der Waals surface area contributed by atoms with Crippen LogP contribution in [-0.2, 0) is 16.1 Å². The van der Waals surface area contributed by atoms with Gasteiger partial charge < -0.3 is 15.2 Å². The van der Waals surface area contributed by atoms with Gasteiger partial charge in [-0.15, -0.1) is 0 Å². The predicted octanol–water partition coefficient (Wildman–Crippen LogP) is -0.175. The van der Waals surface area contributed by atoms with Gasteiger partial charge in [-0.2, -0.15) is 0 Å². The molecule has 1 aromatic rings. The average Bonchev–Trinajstić information content (AvgIpc) is 3.01. The van der Waals surface area contributed by atoms with E-state index in [9.17, 15) is 9.59 Å². The van der Waals surface area contributed by atoms with Crippen LogP contribution in [-0.4, -0.2) is 77.5 Å². The number of primary amides is 1. The first-order valence-electron chi connectivity index (χ1n) is 8.95. The third kappa shape index (κ3) is 4.79. The van der Waals surface area contributed by atoms with Crippen LogP contribution in [0, 0.1) is 12.8 Å². The molecule has 8 nitrogen and oxygen atoms in total. The monoisotopic (exact) mass is 349 g/mol. The van der Waals surface area contributed by atoms with Crippen molar-refractivity contribution < 1.29 is 14.1 Å². The van der Waals surface area contributed by atoms with Crippen molar-refractivity contribution in [1.29, 1.82) is 0 Å². The van der Waals surface area contributed by atoms with E-state index in [2.05, 4.69) is 15.0 Å². The second-order valence-corrected chi connectivity index (χ2v) is 7.06. The van der Waals surface area contributed by atoms with Crippen molar-refractivity contribution in [2.45, 2.75) is 26.3 Å². The number of nitrogens with two attached hydrogens (primary N) is 1. The summed E-state index contributed by atoms with van der Waals surface area (Å²) in [6, 6.07) is 1.96. The maximum atomic E-state index is 12.5. The number of nitrogens with zero attached hydrogens (tertiary/aromatic N) is 4. The van der Waals surface area contributed by atoms with E-state index < -0.39 is 0 Å². The SMILES string of the molecule is Cc1cc(CN2CCN(CC(=O)N3CCCC(C(N)=O)C3)CC2)no1. The fraction of sp³-hybridized carbons (Fsp3) is 0.706. The quantitative estimate of drug-likeness (QED) is 0.793. The second kappa shape index (κ2) is 7.97. The zero-order chi connectivity index (χ0) is 17.8. The summed E-state index contributed by atoms with van der Waals surface area (Å²) in [5.74, 6) is 0.441. The van der Waals surface area contributed by atoms with Crippen molar-refractivity contribution in [3.63, 3.8) is 0 Å². The normalized spacial score (nSPS) is 22.9. The Hall–Kier alpha value is -1.93. The number of aryl methyl sites for hydroxylation is 1. The van der Waals surface area contributed by atoms with Gasteiger partial charge in [0.25, 0.3) is 0 Å². The predicted molar refractivity (Wildman–Crippen MR) is 91.5 cm³/mol. The molecule has 2 fully saturated rings. The van der Waals surface area contributed by atoms with Gasteiger partial charge in [-0.3, -0.25) is 19.4 Å². The summed E-state index contributed by atoms with van der Waals surface area (Å²) in [6.07, 6.45) is 1.64. The summed E-state index contributed by atoms with van der Waals surface area (Å²) in [5.41, 5.74) is 6.34. The largest absolute Gasteiger partial charge is 0.369 e. The summed E-state index contributed by atoms with van der Waals surface area (Å²) < 4.78 is 5.10. The number of hydrogen-bond acceptors (Lipinski definition) is 6. The zero-order valence-electron chi connectivity index (χ0n) is 14.8. The number of amides is 2. The van der Waals surface area contributed by atoms with Crippen molar-refractivity contribution in [3.05, 3.63) is 17.5 Å². The lowest BCUT2D eigenvalue weighted by molar-refractivity contribution is -0.136. The number of likely N-dealkylation sites (tertiary alicyclic amines) is 1. The van der Waals surface area contributed by atoms with Gasteiger partial charge in [0, 0.05) is 51.9 Å². The molecule has 25 heavy (non-hydrogen) atoms. The molecule has 0 saturated carbocycles. The van der Waals surface area contributed by atoms with E-state index in [-0.39, 0.29) is 17.7 Å². The molecule has 2 aliphatic heterocycles. The highest BCUT2D eigenvalue weighted by Gasteiger charge is 2.28. The molecular formula is C17H27N5O3. The minimum Gasteiger partial charge on any atom is -0.369 e. The van der Waals surface area contributed by atoms with Crippen molar-refractivity contribution in [2.24, 2.45) is 11.7 Å². The van der Waals surface area contributed by atoms with Crippen molar-refractivity contribution in [3.8, 4) is 0 Å². The molecule has 1 atom stereocenters. The van der Waals surface area contributed by atoms with E-state index in [1.807, 2.05) is 13.0 Å². The fourth-order valence-corrected chi connectivity index (χ4v) is 3.55. The molecule has 2 N–H and O–H groups in total. The summed E-state index contributed by atoms with van der Waals surface area (Å²) in [4.78, 5) is 30.2. The number of aromatic nitrogens is 1. The molecule has 2 amide bonds. The molecule has 0 aromatic carbocycles. The third-order valence-corrected chi connectivity index (χ3v) is 5.06. The Bertz CT molecular complexity index is 609. The lowest BCUT2D eigenvalue weighted by Gasteiger charge is -2.36. The first-order chi connectivity index (χ1) is 12.0. The van der Waals surface area contributed by atoms with Crippen LogP contribution in [0.15, 0.2) is 10.6 Å². The molecule has 2 saturated heterocycles. The van der Waals surface area contributed by atoms with E-state index in [0.29, 0.717) is 13.1 Å². The topological polar surface area (TPSA) is 95.9 Å². The second-order valence-electron chi connectivity index (χ2n) is 7.06. The third-order valence-electron chi connectivity index (χ3n) is 5.06. The van der Waals surface area contributed by atoms with Gasteiger partial charge in [0.15, 0.2) is 0 Å². The van der Waals surface area contributed by atoms with Crippen molar-refractivity contribution in [2.75, 3.05) is 45.8 Å². The summed E-state index contributed by atoms with van der Waals surface area (Å²) in [7, 11) is 0. The lowest BCUT2D eigenvalue weighted by atomic mass is 9.97. The van der Waals surface area contributed by atoms with Gasteiger partial charge in [-0.1, -0.05) is 5.16 Å². The van der Waals surface area contributed by atoms with E-state index in [1.165, 1.54) is 0 Å². The minimum absolute atomic E-state index is 0.103. The van der Waals surface area contributed by atoms with Crippen molar-refractivity contribution >= 4 is 11.8 Å². The molecule has 1 unspecified atom stereocenters. The Labute approximate surface area is 147 Å². The molecule has 8 heteroatoms. The van der Waals surface area contributed by atoms with Gasteiger partial charge >= 0.3 is 0 Å². The number of rotatable bonds is 5. The minimum atomic E-state index is -0.297. The highest BCUT2D eigenvalue weighted by atomic mass is 16.5. The molecule has 0 radical (unpaired) electrons.